The molecule has 5 atom stereocenters. The largest absolute Gasteiger partial charge is 0.348 e. The van der Waals surface area contributed by atoms with Crippen molar-refractivity contribution in [1.82, 2.24) is 15.3 Å². The number of hydrogen-bond acceptors (Lipinski definition) is 4. The quantitative estimate of drug-likeness (QED) is 0.636. The zero-order valence-corrected chi connectivity index (χ0v) is 18.0. The van der Waals surface area contributed by atoms with Crippen molar-refractivity contribution >= 4 is 16.8 Å². The summed E-state index contributed by atoms with van der Waals surface area (Å²) < 4.78 is 13.9. The van der Waals surface area contributed by atoms with Crippen LogP contribution in [0.25, 0.3) is 10.9 Å². The van der Waals surface area contributed by atoms with Crippen LogP contribution in [0.2, 0.25) is 0 Å². The second kappa shape index (κ2) is 8.31. The molecule has 0 saturated heterocycles. The van der Waals surface area contributed by atoms with Crippen LogP contribution in [-0.2, 0) is 0 Å². The van der Waals surface area contributed by atoms with E-state index in [2.05, 4.69) is 28.3 Å². The van der Waals surface area contributed by atoms with Crippen LogP contribution in [-0.4, -0.2) is 21.9 Å². The van der Waals surface area contributed by atoms with E-state index in [1.807, 2.05) is 12.3 Å². The molecule has 5 rings (SSSR count). The van der Waals surface area contributed by atoms with Crippen LogP contribution in [0.4, 0.5) is 4.39 Å². The lowest BCUT2D eigenvalue weighted by atomic mass is 9.88. The summed E-state index contributed by atoms with van der Waals surface area (Å²) >= 11 is 0. The monoisotopic (exact) mass is 428 g/mol. The highest BCUT2D eigenvalue weighted by Gasteiger charge is 2.44. The van der Waals surface area contributed by atoms with Gasteiger partial charge in [0.25, 0.3) is 5.91 Å². The summed E-state index contributed by atoms with van der Waals surface area (Å²) in [5.41, 5.74) is 2.85. The summed E-state index contributed by atoms with van der Waals surface area (Å²) in [6.07, 6.45) is 7.67. The number of carbonyl (C=O) groups excluding carboxylic acids is 1. The van der Waals surface area contributed by atoms with Gasteiger partial charge in [-0.05, 0) is 98.2 Å². The minimum atomic E-state index is -0.216. The van der Waals surface area contributed by atoms with E-state index >= 15 is 0 Å². The molecule has 2 heterocycles. The number of nitrogens with zero attached hydrogens (tertiary/aromatic N) is 3. The highest BCUT2D eigenvalue weighted by atomic mass is 19.1. The van der Waals surface area contributed by atoms with E-state index in [4.69, 9.17) is 5.26 Å². The van der Waals surface area contributed by atoms with Crippen LogP contribution >= 0.6 is 0 Å². The molecule has 1 aromatic carbocycles. The number of fused-ring (bicyclic) bond motifs is 2. The van der Waals surface area contributed by atoms with Crippen molar-refractivity contribution in [3.05, 3.63) is 71.4 Å². The molecule has 2 aliphatic rings. The zero-order chi connectivity index (χ0) is 22.2. The van der Waals surface area contributed by atoms with E-state index in [0.29, 0.717) is 34.9 Å². The summed E-state index contributed by atoms with van der Waals surface area (Å²) in [4.78, 5) is 21.0. The number of hydrogen-bond donors (Lipinski definition) is 1. The molecule has 0 aliphatic heterocycles. The number of rotatable bonds is 4. The van der Waals surface area contributed by atoms with Gasteiger partial charge in [-0.15, -0.1) is 0 Å². The topological polar surface area (TPSA) is 78.7 Å². The first-order chi connectivity index (χ1) is 15.5. The lowest BCUT2D eigenvalue weighted by Crippen LogP contribution is -2.37. The highest BCUT2D eigenvalue weighted by Crippen LogP contribution is 2.53. The second-order valence-electron chi connectivity index (χ2n) is 9.29. The first kappa shape index (κ1) is 20.6. The molecule has 2 aliphatic carbocycles. The van der Waals surface area contributed by atoms with Gasteiger partial charge < -0.3 is 5.32 Å². The molecule has 1 N–H and O–H groups in total. The van der Waals surface area contributed by atoms with E-state index in [-0.39, 0.29) is 17.8 Å². The van der Waals surface area contributed by atoms with E-state index < -0.39 is 0 Å². The number of nitrogens with one attached hydrogen (secondary N) is 1. The van der Waals surface area contributed by atoms with Crippen molar-refractivity contribution in [1.29, 1.82) is 5.26 Å². The van der Waals surface area contributed by atoms with Gasteiger partial charge >= 0.3 is 0 Å². The Kier molecular flexibility index (Phi) is 5.34. The van der Waals surface area contributed by atoms with Gasteiger partial charge in [0.15, 0.2) is 0 Å². The number of aromatic nitrogens is 2. The predicted molar refractivity (Wildman–Crippen MR) is 119 cm³/mol. The molecule has 2 aromatic heterocycles. The Labute approximate surface area is 186 Å². The van der Waals surface area contributed by atoms with Gasteiger partial charge in [0.1, 0.15) is 17.6 Å². The van der Waals surface area contributed by atoms with E-state index in [1.165, 1.54) is 17.8 Å². The lowest BCUT2D eigenvalue weighted by Gasteiger charge is -2.22. The van der Waals surface area contributed by atoms with E-state index in [1.54, 1.807) is 24.3 Å². The number of nitriles is 1. The van der Waals surface area contributed by atoms with Crippen molar-refractivity contribution in [2.75, 3.05) is 0 Å². The van der Waals surface area contributed by atoms with Gasteiger partial charge in [-0.1, -0.05) is 0 Å². The van der Waals surface area contributed by atoms with Crippen molar-refractivity contribution in [2.24, 2.45) is 17.8 Å². The number of benzene rings is 1. The standard InChI is InChI=1S/C26H25FN4O/c1-15(31-26(32)25-4-2-16(13-28)14-30-25)17-8-18-10-20(11-19(18)9-17)22-6-7-29-24-5-3-21(27)12-23(22)24/h2-7,12,14-15,17-20H,8-11H2,1H3,(H,31,32)/t15?,17?,18-,19?,20?/m1/s1. The summed E-state index contributed by atoms with van der Waals surface area (Å²) in [6.45, 7) is 2.07. The first-order valence-electron chi connectivity index (χ1n) is 11.2. The van der Waals surface area contributed by atoms with Crippen molar-refractivity contribution < 1.29 is 9.18 Å². The molecule has 3 aromatic rings. The molecule has 4 unspecified atom stereocenters. The third kappa shape index (κ3) is 3.84. The lowest BCUT2D eigenvalue weighted by molar-refractivity contribution is 0.0920. The van der Waals surface area contributed by atoms with Gasteiger partial charge in [-0.25, -0.2) is 9.37 Å². The molecule has 0 radical (unpaired) electrons. The van der Waals surface area contributed by atoms with Crippen LogP contribution < -0.4 is 5.32 Å². The van der Waals surface area contributed by atoms with Gasteiger partial charge in [0.05, 0.1) is 11.1 Å². The van der Waals surface area contributed by atoms with Crippen LogP contribution in [0.3, 0.4) is 0 Å². The summed E-state index contributed by atoms with van der Waals surface area (Å²) in [6, 6.07) is 12.2. The minimum Gasteiger partial charge on any atom is -0.348 e. The molecule has 0 spiro atoms. The number of carbonyl (C=O) groups is 1. The molecular weight excluding hydrogens is 403 g/mol. The Morgan fingerprint density at radius 1 is 1.12 bits per heavy atom. The molecule has 0 bridgehead atoms. The molecule has 6 heteroatoms. The summed E-state index contributed by atoms with van der Waals surface area (Å²) in [5, 5.41) is 12.9. The van der Waals surface area contributed by atoms with E-state index in [9.17, 15) is 9.18 Å². The number of halogens is 1. The summed E-state index contributed by atoms with van der Waals surface area (Å²) in [7, 11) is 0. The molecule has 2 fully saturated rings. The Bertz CT molecular complexity index is 1190. The molecular formula is C26H25FN4O. The Morgan fingerprint density at radius 2 is 1.91 bits per heavy atom. The van der Waals surface area contributed by atoms with E-state index in [0.717, 1.165) is 36.6 Å². The maximum Gasteiger partial charge on any atom is 0.270 e. The average molecular weight is 429 g/mol. The fourth-order valence-electron chi connectivity index (χ4n) is 5.81. The maximum atomic E-state index is 13.9. The van der Waals surface area contributed by atoms with Crippen molar-refractivity contribution in [3.8, 4) is 6.07 Å². The highest BCUT2D eigenvalue weighted by molar-refractivity contribution is 5.92. The maximum absolute atomic E-state index is 13.9. The number of pyridine rings is 2. The van der Waals surface area contributed by atoms with Crippen molar-refractivity contribution in [3.63, 3.8) is 0 Å². The van der Waals surface area contributed by atoms with Gasteiger partial charge in [0.2, 0.25) is 0 Å². The zero-order valence-electron chi connectivity index (χ0n) is 18.0. The number of amides is 1. The first-order valence-corrected chi connectivity index (χ1v) is 11.2. The van der Waals surface area contributed by atoms with Crippen LogP contribution in [0.5, 0.6) is 0 Å². The average Bonchev–Trinajstić information content (AvgIpc) is 3.38. The molecule has 32 heavy (non-hydrogen) atoms. The Morgan fingerprint density at radius 3 is 2.59 bits per heavy atom. The molecule has 1 amide bonds. The predicted octanol–water partition coefficient (Wildman–Crippen LogP) is 4.98. The molecule has 162 valence electrons. The SMILES string of the molecule is CC(NC(=O)c1ccc(C#N)cn1)C1CC2CC(c3ccnc4ccc(F)cc34)C[C@H]2C1. The minimum absolute atomic E-state index is 0.0693. The van der Waals surface area contributed by atoms with Crippen molar-refractivity contribution in [2.45, 2.75) is 44.6 Å². The normalized spacial score (nSPS) is 25.3. The Balaban J connectivity index is 1.23. The second-order valence-corrected chi connectivity index (χ2v) is 9.29. The van der Waals surface area contributed by atoms with Crippen LogP contribution in [0, 0.1) is 34.9 Å². The third-order valence-corrected chi connectivity index (χ3v) is 7.42. The van der Waals surface area contributed by atoms with Crippen LogP contribution in [0.1, 0.15) is 60.1 Å². The third-order valence-electron chi connectivity index (χ3n) is 7.42. The Hall–Kier alpha value is -3.33. The van der Waals surface area contributed by atoms with Gasteiger partial charge in [-0.2, -0.15) is 5.26 Å². The fourth-order valence-corrected chi connectivity index (χ4v) is 5.81. The molecule has 5 nitrogen and oxygen atoms in total. The molecule has 2 saturated carbocycles. The summed E-state index contributed by atoms with van der Waals surface area (Å²) in [5.74, 6) is 1.74. The fraction of sp³-hybridized carbons (Fsp3) is 0.385. The smallest absolute Gasteiger partial charge is 0.270 e. The van der Waals surface area contributed by atoms with Gasteiger partial charge in [-0.3, -0.25) is 9.78 Å². The van der Waals surface area contributed by atoms with Crippen LogP contribution in [0.15, 0.2) is 48.8 Å². The van der Waals surface area contributed by atoms with Gasteiger partial charge in [0, 0.05) is 23.8 Å².